The van der Waals surface area contributed by atoms with Crippen molar-refractivity contribution in [1.29, 1.82) is 0 Å². The lowest BCUT2D eigenvalue weighted by atomic mass is 9.96. The summed E-state index contributed by atoms with van der Waals surface area (Å²) in [6.45, 7) is 10.3. The molecular formula is C29H33N3O2S. The summed E-state index contributed by atoms with van der Waals surface area (Å²) in [5.74, 6) is 0.0843. The van der Waals surface area contributed by atoms with Crippen LogP contribution in [0.2, 0.25) is 0 Å². The van der Waals surface area contributed by atoms with Gasteiger partial charge in [-0.1, -0.05) is 48.5 Å². The monoisotopic (exact) mass is 487 g/mol. The summed E-state index contributed by atoms with van der Waals surface area (Å²) in [5, 5.41) is 0. The molecule has 3 aromatic rings. The second-order valence-electron chi connectivity index (χ2n) is 9.68. The van der Waals surface area contributed by atoms with Gasteiger partial charge in [-0.25, -0.2) is 4.79 Å². The number of nitrogen functional groups attached to an aromatic ring is 1. The Morgan fingerprint density at radius 1 is 0.914 bits per heavy atom. The minimum Gasteiger partial charge on any atom is -0.448 e. The van der Waals surface area contributed by atoms with Gasteiger partial charge >= 0.3 is 6.09 Å². The number of thiol groups is 1. The molecule has 2 aliphatic rings. The van der Waals surface area contributed by atoms with E-state index in [1.807, 2.05) is 11.8 Å². The zero-order chi connectivity index (χ0) is 24.7. The molecule has 6 heteroatoms. The SMILES string of the molecule is Cc1c(N)c(C)c(CN2CCN(C(=O)OCC3c4ccccc4-c4ccccc43)CC2)c(C)c1S. The van der Waals surface area contributed by atoms with Crippen LogP contribution in [0.3, 0.4) is 0 Å². The summed E-state index contributed by atoms with van der Waals surface area (Å²) in [4.78, 5) is 18.1. The third-order valence-corrected chi connectivity index (χ3v) is 8.44. The molecule has 0 aromatic heterocycles. The lowest BCUT2D eigenvalue weighted by molar-refractivity contribution is 0.0727. The van der Waals surface area contributed by atoms with Gasteiger partial charge in [0.25, 0.3) is 0 Å². The summed E-state index contributed by atoms with van der Waals surface area (Å²) in [6, 6.07) is 16.8. The van der Waals surface area contributed by atoms with E-state index < -0.39 is 0 Å². The van der Waals surface area contributed by atoms with Crippen LogP contribution in [0, 0.1) is 20.8 Å². The Kier molecular flexibility index (Phi) is 6.51. The van der Waals surface area contributed by atoms with Crippen molar-refractivity contribution in [2.24, 2.45) is 0 Å². The lowest BCUT2D eigenvalue weighted by Crippen LogP contribution is -2.48. The highest BCUT2D eigenvalue weighted by Crippen LogP contribution is 2.44. The molecule has 1 aliphatic heterocycles. The molecule has 1 amide bonds. The van der Waals surface area contributed by atoms with E-state index in [0.717, 1.165) is 41.3 Å². The maximum atomic E-state index is 12.9. The molecule has 2 N–H and O–H groups in total. The van der Waals surface area contributed by atoms with Crippen LogP contribution < -0.4 is 5.73 Å². The van der Waals surface area contributed by atoms with E-state index in [4.69, 9.17) is 10.5 Å². The topological polar surface area (TPSA) is 58.8 Å². The van der Waals surface area contributed by atoms with Crippen LogP contribution in [0.15, 0.2) is 53.4 Å². The summed E-state index contributed by atoms with van der Waals surface area (Å²) in [5.41, 5.74) is 16.7. The van der Waals surface area contributed by atoms with Crippen molar-refractivity contribution in [1.82, 2.24) is 9.80 Å². The van der Waals surface area contributed by atoms with E-state index in [1.54, 1.807) is 0 Å². The van der Waals surface area contributed by atoms with Gasteiger partial charge in [-0.15, -0.1) is 12.6 Å². The zero-order valence-electron chi connectivity index (χ0n) is 20.7. The summed E-state index contributed by atoms with van der Waals surface area (Å²) in [7, 11) is 0. The number of hydrogen-bond acceptors (Lipinski definition) is 5. The Morgan fingerprint density at radius 3 is 2.09 bits per heavy atom. The first-order chi connectivity index (χ1) is 16.9. The fourth-order valence-corrected chi connectivity index (χ4v) is 5.77. The van der Waals surface area contributed by atoms with Crippen molar-refractivity contribution in [3.63, 3.8) is 0 Å². The van der Waals surface area contributed by atoms with E-state index in [0.29, 0.717) is 19.7 Å². The van der Waals surface area contributed by atoms with Crippen LogP contribution in [0.1, 0.15) is 39.3 Å². The Morgan fingerprint density at radius 2 is 1.49 bits per heavy atom. The molecular weight excluding hydrogens is 454 g/mol. The van der Waals surface area contributed by atoms with E-state index in [-0.39, 0.29) is 12.0 Å². The molecule has 35 heavy (non-hydrogen) atoms. The Balaban J connectivity index is 1.20. The first-order valence-corrected chi connectivity index (χ1v) is 12.7. The molecule has 0 radical (unpaired) electrons. The predicted molar refractivity (Wildman–Crippen MR) is 144 cm³/mol. The third-order valence-electron chi connectivity index (χ3n) is 7.77. The number of nitrogens with two attached hydrogens (primary N) is 1. The molecule has 0 atom stereocenters. The standard InChI is InChI=1S/C29H33N3O2S/c1-18-25(19(2)28(35)20(3)27(18)30)16-31-12-14-32(15-13-31)29(33)34-17-26-23-10-6-4-8-21(23)22-9-5-7-11-24(22)26/h4-11,26,35H,12-17,30H2,1-3H3. The highest BCUT2D eigenvalue weighted by atomic mass is 32.1. The molecule has 1 aliphatic carbocycles. The van der Waals surface area contributed by atoms with Crippen molar-refractivity contribution in [2.45, 2.75) is 38.1 Å². The summed E-state index contributed by atoms with van der Waals surface area (Å²) in [6.07, 6.45) is -0.226. The number of carbonyl (C=O) groups is 1. The normalized spacial score (nSPS) is 15.7. The highest BCUT2D eigenvalue weighted by molar-refractivity contribution is 7.80. The van der Waals surface area contributed by atoms with Crippen LogP contribution >= 0.6 is 12.6 Å². The minimum atomic E-state index is -0.226. The Bertz CT molecular complexity index is 1210. The molecule has 3 aromatic carbocycles. The molecule has 1 heterocycles. The average molecular weight is 488 g/mol. The number of rotatable bonds is 4. The molecule has 182 valence electrons. The zero-order valence-corrected chi connectivity index (χ0v) is 21.6. The van der Waals surface area contributed by atoms with Crippen molar-refractivity contribution in [3.8, 4) is 11.1 Å². The number of nitrogens with zero attached hydrogens (tertiary/aromatic N) is 2. The van der Waals surface area contributed by atoms with Gasteiger partial charge in [0, 0.05) is 49.2 Å². The fraction of sp³-hybridized carbons (Fsp3) is 0.345. The Labute approximate surface area is 213 Å². The number of hydrogen-bond donors (Lipinski definition) is 2. The van der Waals surface area contributed by atoms with Gasteiger partial charge in [0.15, 0.2) is 0 Å². The Hall–Kier alpha value is -2.96. The quantitative estimate of drug-likeness (QED) is 0.374. The van der Waals surface area contributed by atoms with E-state index >= 15 is 0 Å². The summed E-state index contributed by atoms with van der Waals surface area (Å²) < 4.78 is 5.86. The van der Waals surface area contributed by atoms with Gasteiger partial charge in [-0.05, 0) is 65.3 Å². The van der Waals surface area contributed by atoms with Gasteiger partial charge in [-0.2, -0.15) is 0 Å². The van der Waals surface area contributed by atoms with Crippen LogP contribution in [0.4, 0.5) is 10.5 Å². The molecule has 0 unspecified atom stereocenters. The molecule has 1 fully saturated rings. The number of piperazine rings is 1. The number of amides is 1. The average Bonchev–Trinajstić information content (AvgIpc) is 3.21. The van der Waals surface area contributed by atoms with Gasteiger partial charge in [0.1, 0.15) is 6.61 Å². The van der Waals surface area contributed by atoms with Crippen LogP contribution in [-0.4, -0.2) is 48.7 Å². The second kappa shape index (κ2) is 9.59. The van der Waals surface area contributed by atoms with E-state index in [9.17, 15) is 4.79 Å². The smallest absolute Gasteiger partial charge is 0.409 e. The molecule has 0 spiro atoms. The van der Waals surface area contributed by atoms with Crippen LogP contribution in [0.5, 0.6) is 0 Å². The fourth-order valence-electron chi connectivity index (χ4n) is 5.51. The second-order valence-corrected chi connectivity index (χ2v) is 10.1. The lowest BCUT2D eigenvalue weighted by Gasteiger charge is -2.35. The van der Waals surface area contributed by atoms with E-state index in [1.165, 1.54) is 33.4 Å². The van der Waals surface area contributed by atoms with Crippen molar-refractivity contribution < 1.29 is 9.53 Å². The summed E-state index contributed by atoms with van der Waals surface area (Å²) >= 11 is 4.68. The molecule has 5 nitrogen and oxygen atoms in total. The molecule has 1 saturated heterocycles. The van der Waals surface area contributed by atoms with Gasteiger partial charge in [0.2, 0.25) is 0 Å². The first kappa shape index (κ1) is 23.8. The first-order valence-electron chi connectivity index (χ1n) is 12.3. The number of anilines is 1. The van der Waals surface area contributed by atoms with Crippen molar-refractivity contribution in [2.75, 3.05) is 38.5 Å². The molecule has 5 rings (SSSR count). The number of benzene rings is 3. The van der Waals surface area contributed by atoms with Gasteiger partial charge < -0.3 is 15.4 Å². The van der Waals surface area contributed by atoms with Crippen LogP contribution in [-0.2, 0) is 11.3 Å². The highest BCUT2D eigenvalue weighted by Gasteiger charge is 2.30. The van der Waals surface area contributed by atoms with Crippen molar-refractivity contribution in [3.05, 3.63) is 81.9 Å². The number of carbonyl (C=O) groups excluding carboxylic acids is 1. The van der Waals surface area contributed by atoms with Crippen LogP contribution in [0.25, 0.3) is 11.1 Å². The molecule has 0 saturated carbocycles. The predicted octanol–water partition coefficient (Wildman–Crippen LogP) is 5.55. The van der Waals surface area contributed by atoms with Gasteiger partial charge in [0.05, 0.1) is 0 Å². The maximum absolute atomic E-state index is 12.9. The number of ether oxygens (including phenoxy) is 1. The number of fused-ring (bicyclic) bond motifs is 3. The largest absolute Gasteiger partial charge is 0.448 e. The molecule has 0 bridgehead atoms. The van der Waals surface area contributed by atoms with E-state index in [2.05, 4.69) is 79.9 Å². The third kappa shape index (κ3) is 4.30. The minimum absolute atomic E-state index is 0.0843. The van der Waals surface area contributed by atoms with Gasteiger partial charge in [-0.3, -0.25) is 4.90 Å². The van der Waals surface area contributed by atoms with Crippen molar-refractivity contribution >= 4 is 24.4 Å². The maximum Gasteiger partial charge on any atom is 0.409 e.